The molecule has 3 rings (SSSR count). The zero-order valence-electron chi connectivity index (χ0n) is 12.5. The van der Waals surface area contributed by atoms with Crippen molar-refractivity contribution in [1.82, 2.24) is 19.4 Å². The van der Waals surface area contributed by atoms with Crippen LogP contribution in [-0.4, -0.2) is 51.4 Å². The maximum atomic E-state index is 12.4. The molecule has 0 aliphatic carbocycles. The minimum Gasteiger partial charge on any atom is -0.440 e. The van der Waals surface area contributed by atoms with Crippen molar-refractivity contribution in [2.45, 2.75) is 13.0 Å². The number of rotatable bonds is 3. The van der Waals surface area contributed by atoms with Crippen LogP contribution in [0.2, 0.25) is 5.22 Å². The summed E-state index contributed by atoms with van der Waals surface area (Å²) in [5.74, 6) is 1.26. The van der Waals surface area contributed by atoms with Gasteiger partial charge >= 0.3 is 0 Å². The molecule has 0 atom stereocenters. The van der Waals surface area contributed by atoms with E-state index in [4.69, 9.17) is 16.0 Å². The third-order valence-corrected chi connectivity index (χ3v) is 4.15. The fraction of sp³-hybridized carbons (Fsp3) is 0.467. The van der Waals surface area contributed by atoms with Crippen molar-refractivity contribution in [3.63, 3.8) is 0 Å². The second-order valence-electron chi connectivity index (χ2n) is 5.48. The Labute approximate surface area is 134 Å². The highest BCUT2D eigenvalue weighted by Crippen LogP contribution is 2.16. The fourth-order valence-corrected chi connectivity index (χ4v) is 2.81. The highest BCUT2D eigenvalue weighted by molar-refractivity contribution is 6.29. The van der Waals surface area contributed by atoms with Crippen LogP contribution in [0.3, 0.4) is 0 Å². The summed E-state index contributed by atoms with van der Waals surface area (Å²) < 4.78 is 7.24. The predicted molar refractivity (Wildman–Crippen MR) is 82.7 cm³/mol. The summed E-state index contributed by atoms with van der Waals surface area (Å²) in [5.41, 5.74) is 0. The number of imidazole rings is 1. The molecule has 1 aliphatic heterocycles. The quantitative estimate of drug-likeness (QED) is 0.867. The SMILES string of the molecule is Cn1ccnc1CN1CCCN(C(=O)c2ccc(Cl)o2)CC1. The number of amides is 1. The number of halogens is 1. The lowest BCUT2D eigenvalue weighted by Crippen LogP contribution is -2.35. The number of aryl methyl sites for hydroxylation is 1. The molecule has 0 saturated carbocycles. The van der Waals surface area contributed by atoms with E-state index in [2.05, 4.69) is 9.88 Å². The zero-order valence-corrected chi connectivity index (χ0v) is 13.3. The van der Waals surface area contributed by atoms with Crippen LogP contribution in [0.5, 0.6) is 0 Å². The van der Waals surface area contributed by atoms with Gasteiger partial charge in [-0.2, -0.15) is 0 Å². The molecule has 22 heavy (non-hydrogen) atoms. The van der Waals surface area contributed by atoms with Crippen molar-refractivity contribution in [2.75, 3.05) is 26.2 Å². The van der Waals surface area contributed by atoms with Gasteiger partial charge in [-0.3, -0.25) is 9.69 Å². The monoisotopic (exact) mass is 322 g/mol. The second-order valence-corrected chi connectivity index (χ2v) is 5.85. The van der Waals surface area contributed by atoms with Crippen molar-refractivity contribution >= 4 is 17.5 Å². The molecule has 7 heteroatoms. The number of carbonyl (C=O) groups excluding carboxylic acids is 1. The lowest BCUT2D eigenvalue weighted by molar-refractivity contribution is 0.0729. The third-order valence-electron chi connectivity index (χ3n) is 3.95. The van der Waals surface area contributed by atoms with Crippen LogP contribution in [0.25, 0.3) is 0 Å². The van der Waals surface area contributed by atoms with Gasteiger partial charge in [-0.25, -0.2) is 4.98 Å². The van der Waals surface area contributed by atoms with E-state index in [1.165, 1.54) is 0 Å². The highest BCUT2D eigenvalue weighted by Gasteiger charge is 2.23. The summed E-state index contributed by atoms with van der Waals surface area (Å²) in [6.07, 6.45) is 4.69. The molecular weight excluding hydrogens is 304 g/mol. The van der Waals surface area contributed by atoms with Crippen LogP contribution in [0, 0.1) is 0 Å². The maximum absolute atomic E-state index is 12.4. The Balaban J connectivity index is 1.60. The van der Waals surface area contributed by atoms with Gasteiger partial charge in [0.25, 0.3) is 5.91 Å². The third kappa shape index (κ3) is 3.34. The van der Waals surface area contributed by atoms with E-state index in [1.807, 2.05) is 28.9 Å². The molecule has 0 aromatic carbocycles. The van der Waals surface area contributed by atoms with Crippen LogP contribution < -0.4 is 0 Å². The van der Waals surface area contributed by atoms with Crippen LogP contribution in [-0.2, 0) is 13.6 Å². The van der Waals surface area contributed by atoms with E-state index in [1.54, 1.807) is 12.1 Å². The molecule has 0 unspecified atom stereocenters. The van der Waals surface area contributed by atoms with Crippen molar-refractivity contribution in [2.24, 2.45) is 7.05 Å². The van der Waals surface area contributed by atoms with Crippen LogP contribution >= 0.6 is 11.6 Å². The summed E-state index contributed by atoms with van der Waals surface area (Å²) in [5, 5.41) is 0.245. The lowest BCUT2D eigenvalue weighted by Gasteiger charge is -2.21. The Hall–Kier alpha value is -1.79. The summed E-state index contributed by atoms with van der Waals surface area (Å²) in [4.78, 5) is 20.9. The Morgan fingerprint density at radius 3 is 2.86 bits per heavy atom. The highest BCUT2D eigenvalue weighted by atomic mass is 35.5. The first-order valence-corrected chi connectivity index (χ1v) is 7.74. The lowest BCUT2D eigenvalue weighted by atomic mass is 10.3. The molecule has 2 aromatic heterocycles. The van der Waals surface area contributed by atoms with Gasteiger partial charge in [0, 0.05) is 45.6 Å². The largest absolute Gasteiger partial charge is 0.440 e. The number of hydrogen-bond acceptors (Lipinski definition) is 4. The van der Waals surface area contributed by atoms with Crippen molar-refractivity contribution in [1.29, 1.82) is 0 Å². The number of furan rings is 1. The molecule has 0 radical (unpaired) electrons. The van der Waals surface area contributed by atoms with Gasteiger partial charge in [0.1, 0.15) is 5.82 Å². The first-order valence-electron chi connectivity index (χ1n) is 7.36. The number of aromatic nitrogens is 2. The van der Waals surface area contributed by atoms with Gasteiger partial charge in [-0.1, -0.05) is 0 Å². The van der Waals surface area contributed by atoms with Crippen LogP contribution in [0.4, 0.5) is 0 Å². The number of carbonyl (C=O) groups is 1. The Morgan fingerprint density at radius 2 is 2.18 bits per heavy atom. The van der Waals surface area contributed by atoms with Crippen molar-refractivity contribution in [3.05, 3.63) is 41.3 Å². The smallest absolute Gasteiger partial charge is 0.289 e. The van der Waals surface area contributed by atoms with Gasteiger partial charge in [0.15, 0.2) is 11.0 Å². The van der Waals surface area contributed by atoms with Gasteiger partial charge in [0.05, 0.1) is 6.54 Å². The molecule has 1 saturated heterocycles. The summed E-state index contributed by atoms with van der Waals surface area (Å²) in [6.45, 7) is 4.00. The van der Waals surface area contributed by atoms with Crippen molar-refractivity contribution in [3.8, 4) is 0 Å². The Bertz CT molecular complexity index is 652. The average molecular weight is 323 g/mol. The van der Waals surface area contributed by atoms with E-state index in [9.17, 15) is 4.79 Å². The molecule has 2 aromatic rings. The first kappa shape index (κ1) is 15.1. The first-order chi connectivity index (χ1) is 10.6. The van der Waals surface area contributed by atoms with Gasteiger partial charge in [-0.05, 0) is 30.2 Å². The molecule has 0 bridgehead atoms. The molecule has 1 aliphatic rings. The average Bonchev–Trinajstić information content (AvgIpc) is 3.02. The molecule has 3 heterocycles. The number of nitrogens with zero attached hydrogens (tertiary/aromatic N) is 4. The summed E-state index contributed by atoms with van der Waals surface area (Å²) >= 11 is 5.74. The van der Waals surface area contributed by atoms with E-state index >= 15 is 0 Å². The fourth-order valence-electron chi connectivity index (χ4n) is 2.67. The predicted octanol–water partition coefficient (Wildman–Crippen LogP) is 2.01. The molecule has 0 N–H and O–H groups in total. The van der Waals surface area contributed by atoms with Gasteiger partial charge < -0.3 is 13.9 Å². The standard InChI is InChI=1S/C15H19ClN4O2/c1-18-8-5-17-14(18)11-19-6-2-7-20(10-9-19)15(21)12-3-4-13(16)22-12/h3-5,8H,2,6-7,9-11H2,1H3. The van der Waals surface area contributed by atoms with E-state index in [0.29, 0.717) is 12.3 Å². The van der Waals surface area contributed by atoms with Gasteiger partial charge in [0.2, 0.25) is 0 Å². The van der Waals surface area contributed by atoms with E-state index in [0.717, 1.165) is 38.4 Å². The van der Waals surface area contributed by atoms with Crippen LogP contribution in [0.1, 0.15) is 22.8 Å². The van der Waals surface area contributed by atoms with E-state index in [-0.39, 0.29) is 11.1 Å². The Kier molecular flexibility index (Phi) is 4.49. The minimum atomic E-state index is -0.0919. The topological polar surface area (TPSA) is 54.5 Å². The normalized spacial score (nSPS) is 16.7. The molecular formula is C15H19ClN4O2. The van der Waals surface area contributed by atoms with Crippen LogP contribution in [0.15, 0.2) is 28.9 Å². The number of hydrogen-bond donors (Lipinski definition) is 0. The maximum Gasteiger partial charge on any atom is 0.289 e. The summed E-state index contributed by atoms with van der Waals surface area (Å²) in [7, 11) is 2.00. The second kappa shape index (κ2) is 6.54. The Morgan fingerprint density at radius 1 is 1.32 bits per heavy atom. The van der Waals surface area contributed by atoms with E-state index < -0.39 is 0 Å². The minimum absolute atomic E-state index is 0.0919. The zero-order chi connectivity index (χ0) is 15.5. The molecule has 0 spiro atoms. The molecule has 1 amide bonds. The molecule has 1 fully saturated rings. The van der Waals surface area contributed by atoms with Gasteiger partial charge in [-0.15, -0.1) is 0 Å². The molecule has 118 valence electrons. The van der Waals surface area contributed by atoms with Crippen molar-refractivity contribution < 1.29 is 9.21 Å². The molecule has 6 nitrogen and oxygen atoms in total. The summed E-state index contributed by atoms with van der Waals surface area (Å²) in [6, 6.07) is 3.22.